The predicted molar refractivity (Wildman–Crippen MR) is 284 cm³/mol. The van der Waals surface area contributed by atoms with Crippen molar-refractivity contribution in [2.75, 3.05) is 13.7 Å². The zero-order valence-electron chi connectivity index (χ0n) is 43.1. The maximum Gasteiger partial charge on any atom is 0.407 e. The molecule has 18 nitrogen and oxygen atoms in total. The molecule has 400 valence electrons. The van der Waals surface area contributed by atoms with E-state index in [1.165, 1.54) is 45.1 Å². The Bertz CT molecular complexity index is 2870. The van der Waals surface area contributed by atoms with Crippen molar-refractivity contribution >= 4 is 46.6 Å². The fourth-order valence-corrected chi connectivity index (χ4v) is 9.41. The molecule has 0 radical (unpaired) electrons. The lowest BCUT2D eigenvalue weighted by Gasteiger charge is -2.32. The summed E-state index contributed by atoms with van der Waals surface area (Å²) in [4.78, 5) is 79.8. The maximum absolute atomic E-state index is 13.9. The summed E-state index contributed by atoms with van der Waals surface area (Å²) < 4.78 is 25.2. The van der Waals surface area contributed by atoms with Crippen LogP contribution in [-0.4, -0.2) is 96.5 Å². The van der Waals surface area contributed by atoms with E-state index in [1.807, 2.05) is 79.9 Å². The third-order valence-corrected chi connectivity index (χ3v) is 14.1. The molecule has 6 N–H and O–H groups in total. The molecule has 4 atom stereocenters. The second kappa shape index (κ2) is 26.9. The average molecular weight is 1070 g/mol. The molecule has 1 aliphatic heterocycles. The SMILES string of the molecule is CC(C)c1nc(CN(C)C(=O)N[C@H](C(=O)N[C@@H](Cc2ccccc2)C[C@H](O)[C@H](Cc2ccccc2)NC(=O)OCc2cncs2)C(C)C)cs1.CC1(C)OCCn2c1nc(C(=O)NCc1ccc(F)cc1)c(O)c2=O. The quantitative estimate of drug-likeness (QED) is 0.0446. The number of hydrogen-bond donors (Lipinski definition) is 6. The Morgan fingerprint density at radius 1 is 0.893 bits per heavy atom. The van der Waals surface area contributed by atoms with Crippen LogP contribution in [-0.2, 0) is 59.0 Å². The normalized spacial score (nSPS) is 14.3. The number of urea groups is 1. The number of carbonyl (C=O) groups excluding carboxylic acids is 4. The molecule has 4 heterocycles. The summed E-state index contributed by atoms with van der Waals surface area (Å²) in [7, 11) is 1.68. The van der Waals surface area contributed by atoms with Crippen molar-refractivity contribution in [2.24, 2.45) is 5.92 Å². The van der Waals surface area contributed by atoms with Crippen molar-refractivity contribution in [1.82, 2.24) is 45.7 Å². The van der Waals surface area contributed by atoms with E-state index in [1.54, 1.807) is 43.9 Å². The molecule has 6 aromatic rings. The molecule has 5 amide bonds. The van der Waals surface area contributed by atoms with Crippen molar-refractivity contribution in [3.8, 4) is 5.75 Å². The van der Waals surface area contributed by atoms with Crippen molar-refractivity contribution in [3.63, 3.8) is 0 Å². The molecule has 1 aliphatic rings. The fourth-order valence-electron chi connectivity index (χ4n) is 8.08. The highest BCUT2D eigenvalue weighted by Gasteiger charge is 2.35. The first-order chi connectivity index (χ1) is 35.8. The van der Waals surface area contributed by atoms with Gasteiger partial charge in [0.25, 0.3) is 11.5 Å². The van der Waals surface area contributed by atoms with Gasteiger partial charge in [0.1, 0.15) is 29.9 Å². The first-order valence-corrected chi connectivity index (χ1v) is 26.4. The van der Waals surface area contributed by atoms with Gasteiger partial charge in [-0.3, -0.25) is 23.9 Å². The second-order valence-corrected chi connectivity index (χ2v) is 21.2. The smallest absolute Gasteiger partial charge is 0.407 e. The van der Waals surface area contributed by atoms with Gasteiger partial charge >= 0.3 is 12.1 Å². The summed E-state index contributed by atoms with van der Waals surface area (Å²) >= 11 is 2.95. The number of aromatic hydroxyl groups is 1. The number of ether oxygens (including phenoxy) is 2. The van der Waals surface area contributed by atoms with E-state index < -0.39 is 53.1 Å². The lowest BCUT2D eigenvalue weighted by atomic mass is 9.93. The molecule has 3 aromatic carbocycles. The van der Waals surface area contributed by atoms with Crippen LogP contribution in [0.4, 0.5) is 14.0 Å². The van der Waals surface area contributed by atoms with E-state index in [0.29, 0.717) is 37.5 Å². The van der Waals surface area contributed by atoms with E-state index in [0.717, 1.165) is 26.7 Å². The van der Waals surface area contributed by atoms with Crippen LogP contribution in [0.25, 0.3) is 0 Å². The fraction of sp³-hybridized carbons (Fsp3) is 0.407. The Labute approximate surface area is 443 Å². The molecule has 0 bridgehead atoms. The number of halogens is 1. The standard InChI is InChI=1S/C37H48N6O5S2.C17H18FN3O4/c1-24(2)33(42-36(46)43(5)20-29-22-49-35(40-29)25(3)4)34(45)39-28(16-26-12-8-6-9-13-26)18-32(44)31(17-27-14-10-7-11-15-27)41-37(47)48-21-30-19-38-23-50-30;1-17(2)16-20-12(13(22)15(24)21(16)7-8-25-17)14(23)19-9-10-3-5-11(18)6-4-10/h6-15,19,22-25,28,31-33,44H,16-18,20-21H2,1-5H3,(H,39,45)(H,41,47)(H,42,46);3-6,22H,7-9H2,1-2H3,(H,19,23)/t28-,31-,32-,33-;/m0./s1. The Kier molecular flexibility index (Phi) is 20.5. The lowest BCUT2D eigenvalue weighted by molar-refractivity contribution is -0.124. The highest BCUT2D eigenvalue weighted by molar-refractivity contribution is 7.09. The molecule has 0 aliphatic carbocycles. The molecule has 0 unspecified atom stereocenters. The molecule has 0 saturated heterocycles. The average Bonchev–Trinajstić information content (AvgIpc) is 4.09. The summed E-state index contributed by atoms with van der Waals surface area (Å²) in [5.41, 5.74) is 3.15. The van der Waals surface area contributed by atoms with E-state index >= 15 is 0 Å². The minimum absolute atomic E-state index is 0.0671. The number of benzene rings is 3. The van der Waals surface area contributed by atoms with Crippen LogP contribution >= 0.6 is 22.7 Å². The zero-order valence-corrected chi connectivity index (χ0v) is 44.8. The van der Waals surface area contributed by atoms with E-state index in [4.69, 9.17) is 9.47 Å². The lowest BCUT2D eigenvalue weighted by Crippen LogP contribution is -2.55. The van der Waals surface area contributed by atoms with E-state index in [9.17, 15) is 38.6 Å². The summed E-state index contributed by atoms with van der Waals surface area (Å²) in [5.74, 6) is -1.75. The highest BCUT2D eigenvalue weighted by atomic mass is 32.1. The molecule has 0 spiro atoms. The van der Waals surface area contributed by atoms with Crippen LogP contribution in [0.1, 0.15) is 102 Å². The van der Waals surface area contributed by atoms with Gasteiger partial charge in [0.15, 0.2) is 5.69 Å². The van der Waals surface area contributed by atoms with E-state index in [-0.39, 0.29) is 61.3 Å². The van der Waals surface area contributed by atoms with Crippen molar-refractivity contribution < 1.29 is 43.3 Å². The Morgan fingerprint density at radius 2 is 1.56 bits per heavy atom. The Hall–Kier alpha value is -7.07. The molecule has 7 rings (SSSR count). The number of hydrogen-bond acceptors (Lipinski definition) is 14. The summed E-state index contributed by atoms with van der Waals surface area (Å²) in [5, 5.41) is 36.1. The zero-order chi connectivity index (χ0) is 54.2. The van der Waals surface area contributed by atoms with Gasteiger partial charge in [-0.05, 0) is 67.9 Å². The first kappa shape index (κ1) is 57.2. The number of nitrogens with one attached hydrogen (secondary N) is 4. The van der Waals surface area contributed by atoms with Crippen molar-refractivity contribution in [1.29, 1.82) is 0 Å². The van der Waals surface area contributed by atoms with Crippen LogP contribution in [0, 0.1) is 11.7 Å². The predicted octanol–water partition coefficient (Wildman–Crippen LogP) is 7.19. The minimum Gasteiger partial charge on any atom is -0.501 e. The third-order valence-electron chi connectivity index (χ3n) is 12.2. The van der Waals surface area contributed by atoms with Crippen molar-refractivity contribution in [3.05, 3.63) is 162 Å². The molecule has 3 aromatic heterocycles. The molecule has 0 fully saturated rings. The number of nitrogens with zero attached hydrogens (tertiary/aromatic N) is 5. The second-order valence-electron chi connectivity index (χ2n) is 19.3. The minimum atomic E-state index is -1.05. The Morgan fingerprint density at radius 3 is 2.17 bits per heavy atom. The van der Waals surface area contributed by atoms with Gasteiger partial charge in [0.2, 0.25) is 11.7 Å². The molecular weight excluding hydrogens is 1000 g/mol. The van der Waals surface area contributed by atoms with Crippen LogP contribution in [0.5, 0.6) is 5.75 Å². The van der Waals surface area contributed by atoms with Gasteiger partial charge in [-0.1, -0.05) is 100 Å². The highest BCUT2D eigenvalue weighted by Crippen LogP contribution is 2.28. The summed E-state index contributed by atoms with van der Waals surface area (Å²) in [6.07, 6.45) is 0.836. The van der Waals surface area contributed by atoms with Crippen LogP contribution in [0.15, 0.2) is 107 Å². The van der Waals surface area contributed by atoms with Gasteiger partial charge < -0.3 is 45.9 Å². The number of thiazole rings is 2. The van der Waals surface area contributed by atoms with Gasteiger partial charge in [0, 0.05) is 37.1 Å². The monoisotopic (exact) mass is 1070 g/mol. The summed E-state index contributed by atoms with van der Waals surface area (Å²) in [6, 6.07) is 22.4. The number of alkyl carbamates (subject to hydrolysis) is 1. The topological polar surface area (TPSA) is 239 Å². The van der Waals surface area contributed by atoms with Crippen molar-refractivity contribution in [2.45, 2.75) is 123 Å². The van der Waals surface area contributed by atoms with Crippen LogP contribution in [0.2, 0.25) is 0 Å². The number of carbonyl (C=O) groups is 4. The number of amides is 5. The maximum atomic E-state index is 13.9. The molecule has 0 saturated carbocycles. The number of aliphatic hydroxyl groups excluding tert-OH is 1. The van der Waals surface area contributed by atoms with Gasteiger partial charge in [-0.25, -0.2) is 23.9 Å². The number of aliphatic hydroxyl groups is 1. The van der Waals surface area contributed by atoms with Crippen LogP contribution < -0.4 is 26.8 Å². The molecular formula is C54H66FN9O9S2. The molecule has 75 heavy (non-hydrogen) atoms. The first-order valence-electron chi connectivity index (χ1n) is 24.6. The van der Waals surface area contributed by atoms with E-state index in [2.05, 4.69) is 50.1 Å². The summed E-state index contributed by atoms with van der Waals surface area (Å²) in [6.45, 7) is 12.4. The third kappa shape index (κ3) is 16.7. The van der Waals surface area contributed by atoms with Gasteiger partial charge in [-0.2, -0.15) is 0 Å². The Balaban J connectivity index is 0.000000304. The number of rotatable bonds is 20. The van der Waals surface area contributed by atoms with Crippen LogP contribution in [0.3, 0.4) is 0 Å². The largest absolute Gasteiger partial charge is 0.501 e. The van der Waals surface area contributed by atoms with Gasteiger partial charge in [0.05, 0.1) is 52.9 Å². The van der Waals surface area contributed by atoms with Gasteiger partial charge in [-0.15, -0.1) is 22.7 Å². The molecule has 21 heteroatoms. The number of aromatic nitrogens is 4. The number of fused-ring (bicyclic) bond motifs is 1.